The molecule has 2 amide bonds. The van der Waals surface area contributed by atoms with Crippen molar-refractivity contribution in [3.63, 3.8) is 0 Å². The van der Waals surface area contributed by atoms with Crippen molar-refractivity contribution in [2.24, 2.45) is 0 Å². The second kappa shape index (κ2) is 8.07. The van der Waals surface area contributed by atoms with Crippen molar-refractivity contribution in [2.75, 3.05) is 13.7 Å². The highest BCUT2D eigenvalue weighted by Gasteiger charge is 2.17. The lowest BCUT2D eigenvalue weighted by atomic mass is 10.3. The van der Waals surface area contributed by atoms with Gasteiger partial charge in [-0.15, -0.1) is 22.7 Å². The fourth-order valence-electron chi connectivity index (χ4n) is 1.85. The van der Waals surface area contributed by atoms with Gasteiger partial charge in [0.25, 0.3) is 0 Å². The van der Waals surface area contributed by atoms with Crippen LogP contribution >= 0.6 is 22.7 Å². The molecule has 0 fully saturated rings. The predicted octanol–water partition coefficient (Wildman–Crippen LogP) is 2.24. The summed E-state index contributed by atoms with van der Waals surface area (Å²) in [6.45, 7) is 2.64. The van der Waals surface area contributed by atoms with Crippen LogP contribution in [0.1, 0.15) is 20.7 Å². The van der Waals surface area contributed by atoms with E-state index >= 15 is 0 Å². The molecule has 0 saturated carbocycles. The van der Waals surface area contributed by atoms with E-state index in [4.69, 9.17) is 4.74 Å². The molecule has 0 aliphatic heterocycles. The highest BCUT2D eigenvalue weighted by Crippen LogP contribution is 2.24. The molecule has 2 heterocycles. The molecule has 0 bridgehead atoms. The summed E-state index contributed by atoms with van der Waals surface area (Å²) in [6.07, 6.45) is -0.243. The largest absolute Gasteiger partial charge is 0.374 e. The summed E-state index contributed by atoms with van der Waals surface area (Å²) >= 11 is 3.15. The van der Waals surface area contributed by atoms with Crippen LogP contribution in [0, 0.1) is 6.92 Å². The van der Waals surface area contributed by atoms with Crippen molar-refractivity contribution in [3.8, 4) is 0 Å². The van der Waals surface area contributed by atoms with Crippen molar-refractivity contribution in [1.82, 2.24) is 10.6 Å². The lowest BCUT2D eigenvalue weighted by Crippen LogP contribution is -2.41. The Balaban J connectivity index is 1.79. The van der Waals surface area contributed by atoms with Gasteiger partial charge in [-0.2, -0.15) is 0 Å². The van der Waals surface area contributed by atoms with E-state index < -0.39 is 11.8 Å². The summed E-state index contributed by atoms with van der Waals surface area (Å²) < 4.78 is 5.36. The zero-order valence-corrected chi connectivity index (χ0v) is 14.1. The van der Waals surface area contributed by atoms with Crippen LogP contribution in [0.25, 0.3) is 0 Å². The fourth-order valence-corrected chi connectivity index (χ4v) is 3.45. The van der Waals surface area contributed by atoms with Gasteiger partial charge in [0.1, 0.15) is 6.10 Å². The molecule has 0 aliphatic carbocycles. The third-order valence-electron chi connectivity index (χ3n) is 3.02. The van der Waals surface area contributed by atoms with Gasteiger partial charge in [-0.1, -0.05) is 6.07 Å². The molecule has 0 spiro atoms. The minimum atomic E-state index is -0.646. The SMILES string of the molecule is COC(CNC(=O)C(=O)NCc1cccs1)c1ccc(C)s1. The van der Waals surface area contributed by atoms with Gasteiger partial charge in [0, 0.05) is 28.3 Å². The van der Waals surface area contributed by atoms with Gasteiger partial charge in [0.15, 0.2) is 0 Å². The van der Waals surface area contributed by atoms with Crippen LogP contribution in [0.15, 0.2) is 29.6 Å². The monoisotopic (exact) mass is 338 g/mol. The summed E-state index contributed by atoms with van der Waals surface area (Å²) in [4.78, 5) is 26.7. The number of thiophene rings is 2. The molecule has 0 radical (unpaired) electrons. The summed E-state index contributed by atoms with van der Waals surface area (Å²) in [7, 11) is 1.59. The number of hydrogen-bond acceptors (Lipinski definition) is 5. The van der Waals surface area contributed by atoms with Gasteiger partial charge in [-0.05, 0) is 30.5 Å². The molecule has 2 aromatic heterocycles. The summed E-state index contributed by atoms with van der Waals surface area (Å²) in [5, 5.41) is 7.12. The molecule has 0 aliphatic rings. The molecule has 1 unspecified atom stereocenters. The molecular formula is C15H18N2O3S2. The topological polar surface area (TPSA) is 67.4 Å². The van der Waals surface area contributed by atoms with Crippen molar-refractivity contribution in [1.29, 1.82) is 0 Å². The molecule has 2 aromatic rings. The van der Waals surface area contributed by atoms with Crippen LogP contribution in [0.2, 0.25) is 0 Å². The molecule has 118 valence electrons. The zero-order chi connectivity index (χ0) is 15.9. The lowest BCUT2D eigenvalue weighted by Gasteiger charge is -2.14. The maximum Gasteiger partial charge on any atom is 0.309 e. The Morgan fingerprint density at radius 2 is 2.00 bits per heavy atom. The van der Waals surface area contributed by atoms with Gasteiger partial charge < -0.3 is 15.4 Å². The van der Waals surface area contributed by atoms with Crippen LogP contribution in [0.5, 0.6) is 0 Å². The van der Waals surface area contributed by atoms with Crippen LogP contribution in [0.4, 0.5) is 0 Å². The van der Waals surface area contributed by atoms with E-state index in [1.54, 1.807) is 18.4 Å². The minimum absolute atomic E-state index is 0.243. The Bertz CT molecular complexity index is 623. The van der Waals surface area contributed by atoms with Gasteiger partial charge in [-0.25, -0.2) is 0 Å². The molecule has 22 heavy (non-hydrogen) atoms. The number of amides is 2. The lowest BCUT2D eigenvalue weighted by molar-refractivity contribution is -0.139. The molecule has 0 aromatic carbocycles. The number of aryl methyl sites for hydroxylation is 1. The maximum atomic E-state index is 11.8. The van der Waals surface area contributed by atoms with E-state index in [2.05, 4.69) is 10.6 Å². The van der Waals surface area contributed by atoms with Gasteiger partial charge in [-0.3, -0.25) is 9.59 Å². The first-order valence-corrected chi connectivity index (χ1v) is 8.47. The number of nitrogens with one attached hydrogen (secondary N) is 2. The Hall–Kier alpha value is -1.70. The smallest absolute Gasteiger partial charge is 0.309 e. The van der Waals surface area contributed by atoms with Crippen molar-refractivity contribution < 1.29 is 14.3 Å². The van der Waals surface area contributed by atoms with Crippen LogP contribution in [-0.4, -0.2) is 25.5 Å². The zero-order valence-electron chi connectivity index (χ0n) is 12.4. The van der Waals surface area contributed by atoms with Crippen molar-refractivity contribution in [3.05, 3.63) is 44.3 Å². The third-order valence-corrected chi connectivity index (χ3v) is 4.99. The van der Waals surface area contributed by atoms with E-state index in [9.17, 15) is 9.59 Å². The second-order valence-corrected chi connectivity index (χ2v) is 7.00. The normalized spacial score (nSPS) is 11.9. The number of carbonyl (C=O) groups is 2. The Morgan fingerprint density at radius 3 is 2.59 bits per heavy atom. The average Bonchev–Trinajstić information content (AvgIpc) is 3.17. The predicted molar refractivity (Wildman–Crippen MR) is 88.0 cm³/mol. The summed E-state index contributed by atoms with van der Waals surface area (Å²) in [5.74, 6) is -1.28. The summed E-state index contributed by atoms with van der Waals surface area (Å²) in [5.41, 5.74) is 0. The van der Waals surface area contributed by atoms with E-state index in [1.807, 2.05) is 36.6 Å². The first-order chi connectivity index (χ1) is 10.6. The molecular weight excluding hydrogens is 320 g/mol. The number of rotatable bonds is 6. The van der Waals surface area contributed by atoms with Gasteiger partial charge in [0.2, 0.25) is 0 Å². The van der Waals surface area contributed by atoms with E-state index in [-0.39, 0.29) is 12.6 Å². The van der Waals surface area contributed by atoms with Crippen LogP contribution in [0.3, 0.4) is 0 Å². The number of methoxy groups -OCH3 is 1. The second-order valence-electron chi connectivity index (χ2n) is 4.64. The Kier molecular flexibility index (Phi) is 6.11. The number of ether oxygens (including phenoxy) is 1. The quantitative estimate of drug-likeness (QED) is 0.794. The first kappa shape index (κ1) is 16.7. The van der Waals surface area contributed by atoms with Crippen LogP contribution < -0.4 is 10.6 Å². The van der Waals surface area contributed by atoms with E-state index in [0.29, 0.717) is 6.54 Å². The minimum Gasteiger partial charge on any atom is -0.374 e. The Morgan fingerprint density at radius 1 is 1.23 bits per heavy atom. The third kappa shape index (κ3) is 4.66. The van der Waals surface area contributed by atoms with E-state index in [1.165, 1.54) is 16.2 Å². The van der Waals surface area contributed by atoms with Gasteiger partial charge in [0.05, 0.1) is 6.54 Å². The average molecular weight is 338 g/mol. The van der Waals surface area contributed by atoms with Crippen molar-refractivity contribution >= 4 is 34.5 Å². The molecule has 5 nitrogen and oxygen atoms in total. The van der Waals surface area contributed by atoms with Crippen molar-refractivity contribution in [2.45, 2.75) is 19.6 Å². The highest BCUT2D eigenvalue weighted by atomic mass is 32.1. The Labute approximate surface area is 137 Å². The molecule has 1 atom stereocenters. The fraction of sp³-hybridized carbons (Fsp3) is 0.333. The molecule has 2 rings (SSSR count). The molecule has 2 N–H and O–H groups in total. The first-order valence-electron chi connectivity index (χ1n) is 6.77. The highest BCUT2D eigenvalue weighted by molar-refractivity contribution is 7.12. The number of hydrogen-bond donors (Lipinski definition) is 2. The molecule has 7 heteroatoms. The van der Waals surface area contributed by atoms with E-state index in [0.717, 1.165) is 9.75 Å². The summed E-state index contributed by atoms with van der Waals surface area (Å²) in [6, 6.07) is 7.78. The standard InChI is InChI=1S/C15H18N2O3S2/c1-10-5-6-13(22-10)12(20-2)9-17-15(19)14(18)16-8-11-4-3-7-21-11/h3-7,12H,8-9H2,1-2H3,(H,16,18)(H,17,19). The number of carbonyl (C=O) groups excluding carboxylic acids is 2. The molecule has 0 saturated heterocycles. The van der Waals surface area contributed by atoms with Crippen LogP contribution in [-0.2, 0) is 20.9 Å². The maximum absolute atomic E-state index is 11.8. The van der Waals surface area contributed by atoms with Gasteiger partial charge >= 0.3 is 11.8 Å².